The zero-order chi connectivity index (χ0) is 15.4. The fraction of sp³-hybridized carbons (Fsp3) is 0.118. The molecule has 2 aromatic heterocycles. The molecule has 0 unspecified atom stereocenters. The zero-order valence-electron chi connectivity index (χ0n) is 12.1. The minimum absolute atomic E-state index is 0.0841. The fourth-order valence-corrected chi connectivity index (χ4v) is 3.07. The van der Waals surface area contributed by atoms with E-state index in [0.717, 1.165) is 21.8 Å². The molecule has 0 aliphatic rings. The van der Waals surface area contributed by atoms with Crippen molar-refractivity contribution >= 4 is 17.2 Å². The Kier molecular flexibility index (Phi) is 4.25. The summed E-state index contributed by atoms with van der Waals surface area (Å²) in [5, 5.41) is 3.78. The van der Waals surface area contributed by atoms with Gasteiger partial charge in [-0.2, -0.15) is 0 Å². The summed E-state index contributed by atoms with van der Waals surface area (Å²) in [4.78, 5) is 21.5. The molecule has 1 amide bonds. The van der Waals surface area contributed by atoms with Crippen molar-refractivity contribution in [3.05, 3.63) is 71.0 Å². The third kappa shape index (κ3) is 3.20. The van der Waals surface area contributed by atoms with Crippen molar-refractivity contribution in [1.29, 1.82) is 0 Å². The average Bonchev–Trinajstić information content (AvgIpc) is 2.96. The lowest BCUT2D eigenvalue weighted by Gasteiger charge is -2.03. The highest BCUT2D eigenvalue weighted by atomic mass is 32.1. The van der Waals surface area contributed by atoms with Gasteiger partial charge in [0.15, 0.2) is 0 Å². The SMILES string of the molecule is Cc1nc(-c2ccncc2)sc1C(=O)NCc1ccccc1. The molecule has 1 aromatic carbocycles. The van der Waals surface area contributed by atoms with Crippen LogP contribution in [0.4, 0.5) is 0 Å². The van der Waals surface area contributed by atoms with Crippen LogP contribution in [0.2, 0.25) is 0 Å². The molecule has 5 heteroatoms. The molecule has 1 N–H and O–H groups in total. The molecule has 0 atom stereocenters. The summed E-state index contributed by atoms with van der Waals surface area (Å²) in [7, 11) is 0. The van der Waals surface area contributed by atoms with E-state index in [1.54, 1.807) is 12.4 Å². The number of hydrogen-bond donors (Lipinski definition) is 1. The van der Waals surface area contributed by atoms with Crippen LogP contribution in [0.5, 0.6) is 0 Å². The third-order valence-electron chi connectivity index (χ3n) is 3.23. The molecular formula is C17H15N3OS. The first kappa shape index (κ1) is 14.4. The van der Waals surface area contributed by atoms with Crippen molar-refractivity contribution in [3.8, 4) is 10.6 Å². The standard InChI is InChI=1S/C17H15N3OS/c1-12-15(16(21)19-11-13-5-3-2-4-6-13)22-17(20-12)14-7-9-18-10-8-14/h2-10H,11H2,1H3,(H,19,21). The second-order valence-electron chi connectivity index (χ2n) is 4.84. The highest BCUT2D eigenvalue weighted by Gasteiger charge is 2.15. The molecule has 0 aliphatic heterocycles. The van der Waals surface area contributed by atoms with Gasteiger partial charge in [-0.3, -0.25) is 9.78 Å². The number of aromatic nitrogens is 2. The number of hydrogen-bond acceptors (Lipinski definition) is 4. The highest BCUT2D eigenvalue weighted by Crippen LogP contribution is 2.27. The molecule has 0 bridgehead atoms. The molecule has 0 saturated carbocycles. The van der Waals surface area contributed by atoms with Crippen LogP contribution >= 0.6 is 11.3 Å². The summed E-state index contributed by atoms with van der Waals surface area (Å²) >= 11 is 1.40. The Morgan fingerprint density at radius 2 is 1.86 bits per heavy atom. The van der Waals surface area contributed by atoms with E-state index in [9.17, 15) is 4.79 Å². The van der Waals surface area contributed by atoms with Gasteiger partial charge in [-0.15, -0.1) is 11.3 Å². The Hall–Kier alpha value is -2.53. The number of carbonyl (C=O) groups is 1. The monoisotopic (exact) mass is 309 g/mol. The summed E-state index contributed by atoms with van der Waals surface area (Å²) in [6.07, 6.45) is 3.45. The van der Waals surface area contributed by atoms with E-state index < -0.39 is 0 Å². The summed E-state index contributed by atoms with van der Waals surface area (Å²) in [5.41, 5.74) is 2.81. The van der Waals surface area contributed by atoms with Gasteiger partial charge < -0.3 is 5.32 Å². The topological polar surface area (TPSA) is 54.9 Å². The van der Waals surface area contributed by atoms with Crippen molar-refractivity contribution in [2.75, 3.05) is 0 Å². The first-order valence-corrected chi connectivity index (χ1v) is 7.75. The molecule has 0 saturated heterocycles. The lowest BCUT2D eigenvalue weighted by molar-refractivity contribution is 0.0954. The Labute approximate surface area is 132 Å². The van der Waals surface area contributed by atoms with Crippen LogP contribution < -0.4 is 5.32 Å². The van der Waals surface area contributed by atoms with Crippen LogP contribution in [0.15, 0.2) is 54.9 Å². The van der Waals surface area contributed by atoms with E-state index >= 15 is 0 Å². The Balaban J connectivity index is 1.74. The van der Waals surface area contributed by atoms with E-state index in [2.05, 4.69) is 15.3 Å². The largest absolute Gasteiger partial charge is 0.347 e. The van der Waals surface area contributed by atoms with Gasteiger partial charge in [-0.05, 0) is 24.6 Å². The second-order valence-corrected chi connectivity index (χ2v) is 5.84. The Morgan fingerprint density at radius 3 is 2.59 bits per heavy atom. The summed E-state index contributed by atoms with van der Waals surface area (Å²) in [6, 6.07) is 13.6. The number of thiazole rings is 1. The molecule has 0 radical (unpaired) electrons. The number of carbonyl (C=O) groups excluding carboxylic acids is 1. The molecule has 2 heterocycles. The molecule has 0 fully saturated rings. The maximum absolute atomic E-state index is 12.3. The maximum Gasteiger partial charge on any atom is 0.263 e. The summed E-state index contributed by atoms with van der Waals surface area (Å²) in [6.45, 7) is 2.38. The van der Waals surface area contributed by atoms with Gasteiger partial charge in [0.25, 0.3) is 5.91 Å². The van der Waals surface area contributed by atoms with Crippen molar-refractivity contribution in [1.82, 2.24) is 15.3 Å². The van der Waals surface area contributed by atoms with E-state index in [0.29, 0.717) is 11.4 Å². The van der Waals surface area contributed by atoms with Crippen LogP contribution in [-0.2, 0) is 6.54 Å². The second kappa shape index (κ2) is 6.49. The predicted molar refractivity (Wildman–Crippen MR) is 87.7 cm³/mol. The molecule has 3 rings (SSSR count). The van der Waals surface area contributed by atoms with Crippen LogP contribution in [0, 0.1) is 6.92 Å². The molecular weight excluding hydrogens is 294 g/mol. The van der Waals surface area contributed by atoms with Gasteiger partial charge in [0.1, 0.15) is 9.88 Å². The van der Waals surface area contributed by atoms with Crippen molar-refractivity contribution in [3.63, 3.8) is 0 Å². The van der Waals surface area contributed by atoms with Gasteiger partial charge in [0.2, 0.25) is 0 Å². The molecule has 0 aliphatic carbocycles. The quantitative estimate of drug-likeness (QED) is 0.803. The first-order chi connectivity index (χ1) is 10.7. The van der Waals surface area contributed by atoms with Crippen LogP contribution in [0.25, 0.3) is 10.6 Å². The van der Waals surface area contributed by atoms with Crippen LogP contribution in [0.3, 0.4) is 0 Å². The Bertz CT molecular complexity index is 769. The van der Waals surface area contributed by atoms with Gasteiger partial charge in [-0.1, -0.05) is 30.3 Å². The van der Waals surface area contributed by atoms with Crippen LogP contribution in [-0.4, -0.2) is 15.9 Å². The minimum atomic E-state index is -0.0841. The number of aryl methyl sites for hydroxylation is 1. The number of nitrogens with one attached hydrogen (secondary N) is 1. The van der Waals surface area contributed by atoms with E-state index in [-0.39, 0.29) is 5.91 Å². The number of amides is 1. The van der Waals surface area contributed by atoms with Gasteiger partial charge in [0, 0.05) is 24.5 Å². The highest BCUT2D eigenvalue weighted by molar-refractivity contribution is 7.17. The average molecular weight is 309 g/mol. The van der Waals surface area contributed by atoms with Crippen molar-refractivity contribution in [2.45, 2.75) is 13.5 Å². The molecule has 0 spiro atoms. The lowest BCUT2D eigenvalue weighted by atomic mass is 10.2. The number of benzene rings is 1. The predicted octanol–water partition coefficient (Wildman–Crippen LogP) is 3.44. The van der Waals surface area contributed by atoms with E-state index in [4.69, 9.17) is 0 Å². The molecule has 3 aromatic rings. The third-order valence-corrected chi connectivity index (χ3v) is 4.43. The summed E-state index contributed by atoms with van der Waals surface area (Å²) in [5.74, 6) is -0.0841. The summed E-state index contributed by atoms with van der Waals surface area (Å²) < 4.78 is 0. The maximum atomic E-state index is 12.3. The fourth-order valence-electron chi connectivity index (χ4n) is 2.08. The Morgan fingerprint density at radius 1 is 1.14 bits per heavy atom. The van der Waals surface area contributed by atoms with E-state index in [1.165, 1.54) is 11.3 Å². The zero-order valence-corrected chi connectivity index (χ0v) is 12.9. The van der Waals surface area contributed by atoms with E-state index in [1.807, 2.05) is 49.4 Å². The minimum Gasteiger partial charge on any atom is -0.347 e. The number of nitrogens with zero attached hydrogens (tertiary/aromatic N) is 2. The van der Waals surface area contributed by atoms with Crippen molar-refractivity contribution < 1.29 is 4.79 Å². The van der Waals surface area contributed by atoms with Crippen molar-refractivity contribution in [2.24, 2.45) is 0 Å². The number of rotatable bonds is 4. The van der Waals surface area contributed by atoms with Crippen LogP contribution in [0.1, 0.15) is 20.9 Å². The molecule has 110 valence electrons. The smallest absolute Gasteiger partial charge is 0.263 e. The van der Waals surface area contributed by atoms with Gasteiger partial charge >= 0.3 is 0 Å². The van der Waals surface area contributed by atoms with Gasteiger partial charge in [-0.25, -0.2) is 4.98 Å². The normalized spacial score (nSPS) is 10.4. The molecule has 22 heavy (non-hydrogen) atoms. The van der Waals surface area contributed by atoms with Gasteiger partial charge in [0.05, 0.1) is 5.69 Å². The lowest BCUT2D eigenvalue weighted by Crippen LogP contribution is -2.22. The molecule has 4 nitrogen and oxygen atoms in total. The number of pyridine rings is 1. The first-order valence-electron chi connectivity index (χ1n) is 6.94.